The van der Waals surface area contributed by atoms with Crippen molar-refractivity contribution in [3.8, 4) is 11.4 Å². The van der Waals surface area contributed by atoms with E-state index in [9.17, 15) is 18.8 Å². The molecule has 47 heavy (non-hydrogen) atoms. The normalized spacial score (nSPS) is 13.3. The van der Waals surface area contributed by atoms with Crippen molar-refractivity contribution in [3.63, 3.8) is 0 Å². The van der Waals surface area contributed by atoms with Gasteiger partial charge in [-0.15, -0.1) is 16.9 Å². The Balaban J connectivity index is 0.000000215. The minimum absolute atomic E-state index is 0.0605. The fourth-order valence-corrected chi connectivity index (χ4v) is 6.68. The molecule has 2 aromatic carbocycles. The van der Waals surface area contributed by atoms with Gasteiger partial charge in [0.25, 0.3) is 0 Å². The SMILES string of the molecule is CC(C)Oc1cc(-n2nc(C(C)(C)C)oc2=O)c(Cl)cc1Cl.COC(=O)CSc1cc(/N=c2\sc(=O)n3n2CCCC3)c(F)cc1Cl. The van der Waals surface area contributed by atoms with Crippen LogP contribution < -0.4 is 20.2 Å². The lowest BCUT2D eigenvalue weighted by Gasteiger charge is -2.15. The highest BCUT2D eigenvalue weighted by Crippen LogP contribution is 2.34. The van der Waals surface area contributed by atoms with Crippen molar-refractivity contribution in [1.82, 2.24) is 19.1 Å². The minimum Gasteiger partial charge on any atom is -0.489 e. The molecule has 0 saturated heterocycles. The molecular formula is C30H33Cl3FN5O6S2. The van der Waals surface area contributed by atoms with Gasteiger partial charge in [-0.25, -0.2) is 18.9 Å². The van der Waals surface area contributed by atoms with Crippen molar-refractivity contribution in [2.45, 2.75) is 77.0 Å². The van der Waals surface area contributed by atoms with Gasteiger partial charge in [-0.2, -0.15) is 4.68 Å². The van der Waals surface area contributed by atoms with E-state index < -0.39 is 17.5 Å². The van der Waals surface area contributed by atoms with Crippen LogP contribution in [0.1, 0.15) is 53.4 Å². The number of hydrogen-bond acceptors (Lipinski definition) is 10. The highest BCUT2D eigenvalue weighted by molar-refractivity contribution is 8.00. The molecule has 0 radical (unpaired) electrons. The largest absolute Gasteiger partial charge is 0.489 e. The van der Waals surface area contributed by atoms with Gasteiger partial charge in [0, 0.05) is 29.5 Å². The first-order chi connectivity index (χ1) is 22.1. The summed E-state index contributed by atoms with van der Waals surface area (Å²) in [4.78, 5) is 40.6. The van der Waals surface area contributed by atoms with Crippen LogP contribution in [-0.4, -0.2) is 44.1 Å². The summed E-state index contributed by atoms with van der Waals surface area (Å²) < 4.78 is 34.2. The van der Waals surface area contributed by atoms with E-state index in [1.165, 1.54) is 19.2 Å². The number of rotatable bonds is 7. The fraction of sp³-hybridized carbons (Fsp3) is 0.433. The van der Waals surface area contributed by atoms with E-state index in [0.717, 1.165) is 46.7 Å². The molecule has 2 aromatic heterocycles. The van der Waals surface area contributed by atoms with E-state index in [2.05, 4.69) is 14.8 Å². The molecule has 0 unspecified atom stereocenters. The zero-order chi connectivity index (χ0) is 34.6. The van der Waals surface area contributed by atoms with Crippen LogP contribution in [-0.2, 0) is 28.0 Å². The van der Waals surface area contributed by atoms with E-state index in [4.69, 9.17) is 44.0 Å². The van der Waals surface area contributed by atoms with Crippen LogP contribution in [0.5, 0.6) is 5.75 Å². The van der Waals surface area contributed by atoms with Gasteiger partial charge >= 0.3 is 16.6 Å². The van der Waals surface area contributed by atoms with Crippen LogP contribution in [0.2, 0.25) is 15.1 Å². The maximum absolute atomic E-state index is 14.3. The summed E-state index contributed by atoms with van der Waals surface area (Å²) in [7, 11) is 1.30. The van der Waals surface area contributed by atoms with E-state index in [1.54, 1.807) is 15.4 Å². The third-order valence-electron chi connectivity index (χ3n) is 6.46. The number of benzene rings is 2. The highest BCUT2D eigenvalue weighted by Gasteiger charge is 2.24. The predicted octanol–water partition coefficient (Wildman–Crippen LogP) is 7.01. The Morgan fingerprint density at radius 1 is 1.09 bits per heavy atom. The topological polar surface area (TPSA) is 123 Å². The second kappa shape index (κ2) is 15.5. The molecule has 0 atom stereocenters. The van der Waals surface area contributed by atoms with Crippen LogP contribution in [0.3, 0.4) is 0 Å². The average molecular weight is 749 g/mol. The number of aromatic nitrogens is 4. The molecular weight excluding hydrogens is 716 g/mol. The lowest BCUT2D eigenvalue weighted by Crippen LogP contribution is -2.31. The van der Waals surface area contributed by atoms with Crippen molar-refractivity contribution in [2.75, 3.05) is 12.9 Å². The Kier molecular flexibility index (Phi) is 12.1. The lowest BCUT2D eigenvalue weighted by atomic mass is 9.97. The predicted molar refractivity (Wildman–Crippen MR) is 182 cm³/mol. The standard InChI is InChI=1S/C15H18Cl2N2O3.C15H15ClFN3O3S2/c1-8(2)21-12-7-11(9(16)6-10(12)17)19-14(20)22-13(18-19)15(3,4)5;1-23-13(21)8-24-12-7-11(10(17)6-9(12)16)18-14-19-4-2-3-5-20(19)15(22)25-14/h6-8H,1-5H3;6-7H,2-5,8H2,1H3/b;18-14-. The number of esters is 1. The zero-order valence-corrected chi connectivity index (χ0v) is 30.3. The van der Waals surface area contributed by atoms with Crippen molar-refractivity contribution < 1.29 is 23.1 Å². The van der Waals surface area contributed by atoms with Gasteiger partial charge in [-0.1, -0.05) is 55.6 Å². The number of ether oxygens (including phenoxy) is 2. The molecule has 17 heteroatoms. The first kappa shape index (κ1) is 36.8. The van der Waals surface area contributed by atoms with Crippen molar-refractivity contribution in [2.24, 2.45) is 4.99 Å². The number of methoxy groups -OCH3 is 1. The van der Waals surface area contributed by atoms with E-state index in [0.29, 0.717) is 45.1 Å². The van der Waals surface area contributed by atoms with Crippen molar-refractivity contribution in [3.05, 3.63) is 76.1 Å². The van der Waals surface area contributed by atoms with Gasteiger partial charge in [0.2, 0.25) is 10.7 Å². The highest BCUT2D eigenvalue weighted by atomic mass is 35.5. The van der Waals surface area contributed by atoms with Gasteiger partial charge in [-0.3, -0.25) is 14.3 Å². The quantitative estimate of drug-likeness (QED) is 0.146. The van der Waals surface area contributed by atoms with E-state index in [-0.39, 0.29) is 37.9 Å². The van der Waals surface area contributed by atoms with Gasteiger partial charge in [-0.05, 0) is 56.2 Å². The summed E-state index contributed by atoms with van der Waals surface area (Å²) in [5.41, 5.74) is 0.0612. The molecule has 11 nitrogen and oxygen atoms in total. The number of carbonyl (C=O) groups is 1. The Hall–Kier alpha value is -3.04. The lowest BCUT2D eigenvalue weighted by molar-refractivity contribution is -0.137. The maximum atomic E-state index is 14.3. The van der Waals surface area contributed by atoms with Gasteiger partial charge in [0.05, 0.1) is 39.7 Å². The van der Waals surface area contributed by atoms with Gasteiger partial charge in [0.1, 0.15) is 17.3 Å². The van der Waals surface area contributed by atoms with Crippen molar-refractivity contribution in [1.29, 1.82) is 0 Å². The zero-order valence-electron chi connectivity index (χ0n) is 26.4. The van der Waals surface area contributed by atoms with Gasteiger partial charge in [0.15, 0.2) is 0 Å². The summed E-state index contributed by atoms with van der Waals surface area (Å²) in [6, 6.07) is 5.75. The van der Waals surface area contributed by atoms with Crippen LogP contribution in [0, 0.1) is 5.82 Å². The Morgan fingerprint density at radius 2 is 1.77 bits per heavy atom. The number of nitrogens with zero attached hydrogens (tertiary/aromatic N) is 5. The third-order valence-corrected chi connectivity index (χ3v) is 9.39. The summed E-state index contributed by atoms with van der Waals surface area (Å²) in [6.45, 7) is 10.8. The first-order valence-corrected chi connectivity index (χ1v) is 17.3. The molecule has 5 rings (SSSR count). The molecule has 1 aliphatic rings. The van der Waals surface area contributed by atoms with E-state index >= 15 is 0 Å². The number of hydrogen-bond donors (Lipinski definition) is 0. The number of carbonyl (C=O) groups excluding carboxylic acids is 1. The smallest absolute Gasteiger partial charge is 0.442 e. The van der Waals surface area contributed by atoms with Crippen LogP contribution in [0.4, 0.5) is 10.1 Å². The number of halogens is 4. The summed E-state index contributed by atoms with van der Waals surface area (Å²) in [5.74, 6) is -0.768. The molecule has 0 amide bonds. The Bertz CT molecular complexity index is 1960. The molecule has 0 bridgehead atoms. The summed E-state index contributed by atoms with van der Waals surface area (Å²) >= 11 is 20.5. The summed E-state index contributed by atoms with van der Waals surface area (Å²) in [5, 5.41) is 5.07. The Labute approximate surface area is 292 Å². The second-order valence-corrected chi connectivity index (χ2v) is 14.7. The van der Waals surface area contributed by atoms with Crippen LogP contribution in [0.25, 0.3) is 5.69 Å². The average Bonchev–Trinajstić information content (AvgIpc) is 3.54. The van der Waals surface area contributed by atoms with Crippen LogP contribution in [0.15, 0.2) is 48.2 Å². The number of fused-ring (bicyclic) bond motifs is 1. The molecule has 254 valence electrons. The second-order valence-electron chi connectivity index (χ2n) is 11.6. The molecule has 1 aliphatic heterocycles. The van der Waals surface area contributed by atoms with Crippen LogP contribution >= 0.6 is 57.9 Å². The molecule has 0 N–H and O–H groups in total. The molecule has 3 heterocycles. The molecule has 0 saturated carbocycles. The molecule has 0 fully saturated rings. The first-order valence-electron chi connectivity index (χ1n) is 14.4. The van der Waals surface area contributed by atoms with Crippen molar-refractivity contribution >= 4 is 69.6 Å². The molecule has 0 spiro atoms. The summed E-state index contributed by atoms with van der Waals surface area (Å²) in [6.07, 6.45) is 1.83. The third kappa shape index (κ3) is 9.11. The molecule has 4 aromatic rings. The minimum atomic E-state index is -0.607. The monoisotopic (exact) mass is 747 g/mol. The fourth-order valence-electron chi connectivity index (χ4n) is 4.19. The molecule has 0 aliphatic carbocycles. The van der Waals surface area contributed by atoms with E-state index in [1.807, 2.05) is 34.6 Å². The maximum Gasteiger partial charge on any atom is 0.442 e. The van der Waals surface area contributed by atoms with Gasteiger partial charge < -0.3 is 13.9 Å². The number of thioether (sulfide) groups is 1. The Morgan fingerprint density at radius 3 is 2.38 bits per heavy atom.